The Morgan fingerprint density at radius 2 is 1.81 bits per heavy atom. The van der Waals surface area contributed by atoms with Gasteiger partial charge in [-0.2, -0.15) is 0 Å². The van der Waals surface area contributed by atoms with Gasteiger partial charge < -0.3 is 19.0 Å². The molecule has 0 saturated carbocycles. The monoisotopic (exact) mass is 442 g/mol. The number of nitrogens with zero attached hydrogens (tertiary/aromatic N) is 2. The van der Waals surface area contributed by atoms with Crippen molar-refractivity contribution < 1.29 is 13.6 Å². The highest BCUT2D eigenvalue weighted by Crippen LogP contribution is 2.32. The standard InChI is InChI=1S/C25H35FN2O2Si/c1-25(2,3)31(4)30-18-21-6-5-7-23(24(21)26)28-11-10-19-16-22(9-8-20(19)17-28)27-12-14-29-15-13-27/h5-9,16,31H,10-15,17-18H2,1-4H3. The quantitative estimate of drug-likeness (QED) is 0.615. The van der Waals surface area contributed by atoms with Crippen LogP contribution in [-0.2, 0) is 28.7 Å². The summed E-state index contributed by atoms with van der Waals surface area (Å²) < 4.78 is 26.9. The van der Waals surface area contributed by atoms with Crippen LogP contribution < -0.4 is 9.80 Å². The molecule has 2 heterocycles. The van der Waals surface area contributed by atoms with Crippen molar-refractivity contribution >= 4 is 20.4 Å². The van der Waals surface area contributed by atoms with Crippen LogP contribution in [0.3, 0.4) is 0 Å². The van der Waals surface area contributed by atoms with Crippen LogP contribution in [0.25, 0.3) is 0 Å². The summed E-state index contributed by atoms with van der Waals surface area (Å²) in [6.07, 6.45) is 0.932. The second kappa shape index (κ2) is 9.31. The summed E-state index contributed by atoms with van der Waals surface area (Å²) in [6, 6.07) is 12.4. The van der Waals surface area contributed by atoms with Crippen LogP contribution in [0, 0.1) is 5.82 Å². The van der Waals surface area contributed by atoms with Crippen LogP contribution in [0.4, 0.5) is 15.8 Å². The molecule has 2 aliphatic rings. The Labute approximate surface area is 187 Å². The molecule has 0 spiro atoms. The van der Waals surface area contributed by atoms with E-state index < -0.39 is 9.04 Å². The maximum Gasteiger partial charge on any atom is 0.179 e. The van der Waals surface area contributed by atoms with Crippen LogP contribution in [0.15, 0.2) is 36.4 Å². The Kier molecular flexibility index (Phi) is 6.70. The second-order valence-corrected chi connectivity index (χ2v) is 13.1. The van der Waals surface area contributed by atoms with E-state index in [0.29, 0.717) is 17.9 Å². The fraction of sp³-hybridized carbons (Fsp3) is 0.520. The highest BCUT2D eigenvalue weighted by atomic mass is 28.3. The van der Waals surface area contributed by atoms with Gasteiger partial charge >= 0.3 is 0 Å². The van der Waals surface area contributed by atoms with Crippen molar-refractivity contribution in [3.05, 3.63) is 58.9 Å². The third-order valence-electron chi connectivity index (χ3n) is 6.69. The first kappa shape index (κ1) is 22.3. The minimum absolute atomic E-state index is 0.133. The molecule has 4 rings (SSSR count). The van der Waals surface area contributed by atoms with E-state index in [4.69, 9.17) is 9.16 Å². The molecule has 0 aromatic heterocycles. The normalized spacial score (nSPS) is 18.1. The van der Waals surface area contributed by atoms with Gasteiger partial charge in [-0.3, -0.25) is 0 Å². The highest BCUT2D eigenvalue weighted by molar-refractivity contribution is 6.53. The van der Waals surface area contributed by atoms with E-state index in [2.05, 4.69) is 55.3 Å². The third-order valence-corrected chi connectivity index (χ3v) is 9.79. The minimum Gasteiger partial charge on any atom is -0.415 e. The first-order valence-corrected chi connectivity index (χ1v) is 13.6. The van der Waals surface area contributed by atoms with Gasteiger partial charge in [0.2, 0.25) is 0 Å². The smallest absolute Gasteiger partial charge is 0.179 e. The number of morpholine rings is 1. The lowest BCUT2D eigenvalue weighted by Gasteiger charge is -2.34. The van der Waals surface area contributed by atoms with Crippen molar-refractivity contribution in [1.82, 2.24) is 0 Å². The van der Waals surface area contributed by atoms with Crippen molar-refractivity contribution in [3.8, 4) is 0 Å². The van der Waals surface area contributed by atoms with Gasteiger partial charge in [-0.25, -0.2) is 4.39 Å². The molecule has 1 fully saturated rings. The largest absolute Gasteiger partial charge is 0.415 e. The first-order chi connectivity index (χ1) is 14.8. The average molecular weight is 443 g/mol. The molecule has 0 N–H and O–H groups in total. The van der Waals surface area contributed by atoms with Gasteiger partial charge in [0.15, 0.2) is 14.9 Å². The topological polar surface area (TPSA) is 24.9 Å². The maximum atomic E-state index is 15.4. The van der Waals surface area contributed by atoms with E-state index in [-0.39, 0.29) is 10.9 Å². The zero-order valence-electron chi connectivity index (χ0n) is 19.3. The Morgan fingerprint density at radius 1 is 1.03 bits per heavy atom. The average Bonchev–Trinajstić information content (AvgIpc) is 2.77. The SMILES string of the molecule is C[SiH](OCc1cccc(N2CCc3cc(N4CCOCC4)ccc3C2)c1F)C(C)(C)C. The lowest BCUT2D eigenvalue weighted by Crippen LogP contribution is -2.36. The second-order valence-electron chi connectivity index (χ2n) is 9.79. The third kappa shape index (κ3) is 5.13. The molecule has 0 bridgehead atoms. The van der Waals surface area contributed by atoms with E-state index in [1.165, 1.54) is 16.8 Å². The van der Waals surface area contributed by atoms with Crippen LogP contribution in [0.1, 0.15) is 37.5 Å². The van der Waals surface area contributed by atoms with E-state index in [1.54, 1.807) is 0 Å². The first-order valence-electron chi connectivity index (χ1n) is 11.4. The lowest BCUT2D eigenvalue weighted by atomic mass is 9.98. The van der Waals surface area contributed by atoms with Gasteiger partial charge in [0, 0.05) is 37.4 Å². The number of halogens is 1. The molecule has 2 aliphatic heterocycles. The fourth-order valence-electron chi connectivity index (χ4n) is 4.15. The summed E-state index contributed by atoms with van der Waals surface area (Å²) in [5.74, 6) is -0.133. The van der Waals surface area contributed by atoms with Crippen LogP contribution in [0.5, 0.6) is 0 Å². The molecule has 31 heavy (non-hydrogen) atoms. The summed E-state index contributed by atoms with van der Waals surface area (Å²) >= 11 is 0. The van der Waals surface area contributed by atoms with Gasteiger partial charge in [-0.05, 0) is 47.3 Å². The van der Waals surface area contributed by atoms with Crippen LogP contribution in [0.2, 0.25) is 11.6 Å². The summed E-state index contributed by atoms with van der Waals surface area (Å²) in [5.41, 5.74) is 5.30. The predicted molar refractivity (Wildman–Crippen MR) is 128 cm³/mol. The summed E-state index contributed by atoms with van der Waals surface area (Å²) in [6.45, 7) is 14.2. The number of rotatable bonds is 5. The minimum atomic E-state index is -1.38. The van der Waals surface area contributed by atoms with Crippen molar-refractivity contribution in [2.24, 2.45) is 0 Å². The molecule has 2 aromatic rings. The van der Waals surface area contributed by atoms with Crippen LogP contribution in [-0.4, -0.2) is 41.9 Å². The van der Waals surface area contributed by atoms with E-state index in [1.807, 2.05) is 18.2 Å². The maximum absolute atomic E-state index is 15.4. The van der Waals surface area contributed by atoms with Gasteiger partial charge in [-0.1, -0.05) is 39.0 Å². The van der Waals surface area contributed by atoms with E-state index in [9.17, 15) is 0 Å². The zero-order valence-corrected chi connectivity index (χ0v) is 20.4. The number of benzene rings is 2. The summed E-state index contributed by atoms with van der Waals surface area (Å²) in [4.78, 5) is 4.56. The molecule has 0 amide bonds. The number of anilines is 2. The van der Waals surface area contributed by atoms with Crippen LogP contribution >= 0.6 is 0 Å². The van der Waals surface area contributed by atoms with Gasteiger partial charge in [0.1, 0.15) is 0 Å². The van der Waals surface area contributed by atoms with Crippen molar-refractivity contribution in [2.45, 2.75) is 51.9 Å². The Hall–Kier alpha value is -1.89. The molecule has 1 atom stereocenters. The van der Waals surface area contributed by atoms with Crippen molar-refractivity contribution in [3.63, 3.8) is 0 Å². The number of fused-ring (bicyclic) bond motifs is 1. The highest BCUT2D eigenvalue weighted by Gasteiger charge is 2.25. The summed E-state index contributed by atoms with van der Waals surface area (Å²) in [7, 11) is -1.38. The molecule has 6 heteroatoms. The molecule has 168 valence electrons. The molecule has 1 saturated heterocycles. The van der Waals surface area contributed by atoms with Crippen molar-refractivity contribution in [1.29, 1.82) is 0 Å². The molecule has 4 nitrogen and oxygen atoms in total. The van der Waals surface area contributed by atoms with E-state index in [0.717, 1.165) is 45.8 Å². The number of hydrogen-bond acceptors (Lipinski definition) is 4. The Bertz CT molecular complexity index is 909. The molecule has 2 aromatic carbocycles. The molecular weight excluding hydrogens is 407 g/mol. The zero-order chi connectivity index (χ0) is 22.0. The Balaban J connectivity index is 1.47. The predicted octanol–water partition coefficient (Wildman–Crippen LogP) is 4.90. The number of ether oxygens (including phenoxy) is 1. The molecule has 0 aliphatic carbocycles. The molecule has 0 radical (unpaired) electrons. The molecular formula is C25H35FN2O2Si. The number of hydrogen-bond donors (Lipinski definition) is 0. The Morgan fingerprint density at radius 3 is 2.55 bits per heavy atom. The fourth-order valence-corrected chi connectivity index (χ4v) is 5.08. The lowest BCUT2D eigenvalue weighted by molar-refractivity contribution is 0.122. The van der Waals surface area contributed by atoms with Gasteiger partial charge in [0.05, 0.1) is 25.5 Å². The van der Waals surface area contributed by atoms with Gasteiger partial charge in [-0.15, -0.1) is 0 Å². The van der Waals surface area contributed by atoms with E-state index >= 15 is 4.39 Å². The molecule has 1 unspecified atom stereocenters. The van der Waals surface area contributed by atoms with Crippen molar-refractivity contribution in [2.75, 3.05) is 42.6 Å². The van der Waals surface area contributed by atoms with Gasteiger partial charge in [0.25, 0.3) is 0 Å². The summed E-state index contributed by atoms with van der Waals surface area (Å²) in [5, 5.41) is 0.171.